The van der Waals surface area contributed by atoms with Gasteiger partial charge in [-0.05, 0) is 61.9 Å². The van der Waals surface area contributed by atoms with E-state index in [2.05, 4.69) is 27.1 Å². The average molecular weight is 490 g/mol. The summed E-state index contributed by atoms with van der Waals surface area (Å²) in [7, 11) is 2.10. The van der Waals surface area contributed by atoms with Crippen LogP contribution in [0.5, 0.6) is 0 Å². The molecule has 2 aliphatic rings. The molecule has 1 N–H and O–H groups in total. The van der Waals surface area contributed by atoms with Crippen LogP contribution >= 0.6 is 0 Å². The zero-order chi connectivity index (χ0) is 25.0. The van der Waals surface area contributed by atoms with Crippen LogP contribution in [0.15, 0.2) is 42.6 Å². The molecule has 2 amide bonds. The number of piperidine rings is 1. The van der Waals surface area contributed by atoms with Gasteiger partial charge in [-0.1, -0.05) is 0 Å². The fourth-order valence-electron chi connectivity index (χ4n) is 4.44. The van der Waals surface area contributed by atoms with Gasteiger partial charge in [0.15, 0.2) is 0 Å². The predicted octanol–water partition coefficient (Wildman–Crippen LogP) is 3.02. The van der Waals surface area contributed by atoms with Gasteiger partial charge in [0.05, 0.1) is 5.56 Å². The number of amides is 2. The van der Waals surface area contributed by atoms with Gasteiger partial charge >= 0.3 is 6.18 Å². The van der Waals surface area contributed by atoms with Gasteiger partial charge in [0.25, 0.3) is 5.91 Å². The Morgan fingerprint density at radius 1 is 1.00 bits per heavy atom. The molecule has 0 unspecified atom stereocenters. The highest BCUT2D eigenvalue weighted by molar-refractivity contribution is 5.94. The molecule has 188 valence electrons. The second kappa shape index (κ2) is 10.6. The number of carbonyl (C=O) groups excluding carboxylic acids is 2. The number of hydrogen-bond donors (Lipinski definition) is 1. The lowest BCUT2D eigenvalue weighted by Gasteiger charge is -2.33. The fraction of sp³-hybridized carbons (Fsp3) is 0.480. The third-order valence-corrected chi connectivity index (χ3v) is 6.72. The monoisotopic (exact) mass is 489 g/mol. The van der Waals surface area contributed by atoms with Gasteiger partial charge in [-0.3, -0.25) is 9.59 Å². The Bertz CT molecular complexity index is 1030. The van der Waals surface area contributed by atoms with Crippen molar-refractivity contribution in [1.29, 1.82) is 0 Å². The molecule has 1 aromatic carbocycles. The van der Waals surface area contributed by atoms with Crippen molar-refractivity contribution in [2.24, 2.45) is 5.92 Å². The molecule has 0 radical (unpaired) electrons. The van der Waals surface area contributed by atoms with Crippen LogP contribution in [0.1, 0.15) is 34.3 Å². The lowest BCUT2D eigenvalue weighted by atomic mass is 9.95. The lowest BCUT2D eigenvalue weighted by molar-refractivity contribution is -0.137. The highest BCUT2D eigenvalue weighted by atomic mass is 19.4. The first-order valence-corrected chi connectivity index (χ1v) is 11.8. The van der Waals surface area contributed by atoms with Crippen molar-refractivity contribution in [3.63, 3.8) is 0 Å². The molecular formula is C25H30F3N5O2. The van der Waals surface area contributed by atoms with Crippen LogP contribution in [-0.2, 0) is 17.5 Å². The quantitative estimate of drug-likeness (QED) is 0.700. The third kappa shape index (κ3) is 6.30. The Hall–Kier alpha value is -3.14. The fourth-order valence-corrected chi connectivity index (χ4v) is 4.44. The van der Waals surface area contributed by atoms with Crippen LogP contribution in [0.3, 0.4) is 0 Å². The maximum atomic E-state index is 12.7. The Morgan fingerprint density at radius 2 is 1.66 bits per heavy atom. The summed E-state index contributed by atoms with van der Waals surface area (Å²) >= 11 is 0. The van der Waals surface area contributed by atoms with E-state index in [4.69, 9.17) is 0 Å². The minimum absolute atomic E-state index is 0.0513. The van der Waals surface area contributed by atoms with Gasteiger partial charge in [-0.15, -0.1) is 0 Å². The number of alkyl halides is 3. The maximum Gasteiger partial charge on any atom is 0.416 e. The Morgan fingerprint density at radius 3 is 2.29 bits per heavy atom. The number of likely N-dealkylation sites (N-methyl/N-ethyl adjacent to an activating group) is 1. The second-order valence-electron chi connectivity index (χ2n) is 9.17. The zero-order valence-corrected chi connectivity index (χ0v) is 19.7. The van der Waals surface area contributed by atoms with Gasteiger partial charge < -0.3 is 20.0 Å². The van der Waals surface area contributed by atoms with E-state index in [0.29, 0.717) is 32.5 Å². The number of carbonyl (C=O) groups is 2. The third-order valence-electron chi connectivity index (χ3n) is 6.72. The topological polar surface area (TPSA) is 68.8 Å². The van der Waals surface area contributed by atoms with E-state index in [0.717, 1.165) is 49.7 Å². The number of nitrogens with zero attached hydrogens (tertiary/aromatic N) is 4. The number of anilines is 1. The van der Waals surface area contributed by atoms with Crippen LogP contribution in [0.4, 0.5) is 19.0 Å². The van der Waals surface area contributed by atoms with E-state index in [1.165, 1.54) is 12.1 Å². The first kappa shape index (κ1) is 25.0. The number of nitrogens with one attached hydrogen (secondary N) is 1. The molecule has 10 heteroatoms. The van der Waals surface area contributed by atoms with Gasteiger partial charge in [0, 0.05) is 63.5 Å². The number of rotatable bonds is 5. The Kier molecular flexibility index (Phi) is 7.59. The molecule has 2 aromatic rings. The van der Waals surface area contributed by atoms with Crippen molar-refractivity contribution < 1.29 is 22.8 Å². The number of piperazine rings is 1. The molecular weight excluding hydrogens is 459 g/mol. The molecule has 0 aliphatic carbocycles. The summed E-state index contributed by atoms with van der Waals surface area (Å²) < 4.78 is 38.2. The Balaban J connectivity index is 1.25. The standard InChI is InChI=1S/C25H30F3N5O2/c1-31-12-14-32(15-13-31)22-16-18(6-9-29-22)17-30-23(34)19-7-10-33(11-8-19)24(35)20-2-4-21(5-3-20)25(26,27)28/h2-6,9,16,19H,7-8,10-15,17H2,1H3,(H,30,34). The van der Waals surface area contributed by atoms with Crippen LogP contribution in [0.2, 0.25) is 0 Å². The number of halogens is 3. The van der Waals surface area contributed by atoms with Crippen molar-refractivity contribution in [2.45, 2.75) is 25.6 Å². The van der Waals surface area contributed by atoms with Crippen molar-refractivity contribution >= 4 is 17.6 Å². The molecule has 7 nitrogen and oxygen atoms in total. The molecule has 0 spiro atoms. The van der Waals surface area contributed by atoms with Gasteiger partial charge in [-0.2, -0.15) is 13.2 Å². The van der Waals surface area contributed by atoms with Crippen LogP contribution in [0.25, 0.3) is 0 Å². The summed E-state index contributed by atoms with van der Waals surface area (Å²) in [5.41, 5.74) is 0.418. The van der Waals surface area contributed by atoms with E-state index in [-0.39, 0.29) is 23.3 Å². The van der Waals surface area contributed by atoms with Crippen molar-refractivity contribution in [1.82, 2.24) is 20.1 Å². The molecule has 2 aliphatic heterocycles. The minimum atomic E-state index is -4.43. The zero-order valence-electron chi connectivity index (χ0n) is 19.7. The summed E-state index contributed by atoms with van der Waals surface area (Å²) in [6, 6.07) is 8.15. The SMILES string of the molecule is CN1CCN(c2cc(CNC(=O)C3CCN(C(=O)c4ccc(C(F)(F)F)cc4)CC3)ccn2)CC1. The number of hydrogen-bond acceptors (Lipinski definition) is 5. The largest absolute Gasteiger partial charge is 0.416 e. The minimum Gasteiger partial charge on any atom is -0.354 e. The number of likely N-dealkylation sites (tertiary alicyclic amines) is 1. The normalized spacial score (nSPS) is 17.9. The molecule has 35 heavy (non-hydrogen) atoms. The summed E-state index contributed by atoms with van der Waals surface area (Å²) in [6.45, 7) is 5.01. The molecule has 0 atom stereocenters. The number of benzene rings is 1. The van der Waals surface area contributed by atoms with E-state index < -0.39 is 11.7 Å². The number of aromatic nitrogens is 1. The highest BCUT2D eigenvalue weighted by Crippen LogP contribution is 2.29. The van der Waals surface area contributed by atoms with Gasteiger partial charge in [-0.25, -0.2) is 4.98 Å². The van der Waals surface area contributed by atoms with Gasteiger partial charge in [0.1, 0.15) is 5.82 Å². The summed E-state index contributed by atoms with van der Waals surface area (Å²) in [6.07, 6.45) is -1.64. The molecule has 0 bridgehead atoms. The molecule has 0 saturated carbocycles. The van der Waals surface area contributed by atoms with Crippen molar-refractivity contribution in [3.8, 4) is 0 Å². The molecule has 1 aromatic heterocycles. The van der Waals surface area contributed by atoms with Crippen LogP contribution in [0, 0.1) is 5.92 Å². The van der Waals surface area contributed by atoms with Gasteiger partial charge in [0.2, 0.25) is 5.91 Å². The van der Waals surface area contributed by atoms with E-state index in [1.807, 2.05) is 12.1 Å². The highest BCUT2D eigenvalue weighted by Gasteiger charge is 2.31. The summed E-state index contributed by atoms with van der Waals surface area (Å²) in [5, 5.41) is 3.00. The first-order valence-electron chi connectivity index (χ1n) is 11.8. The molecule has 2 fully saturated rings. The lowest BCUT2D eigenvalue weighted by Crippen LogP contribution is -2.44. The summed E-state index contributed by atoms with van der Waals surface area (Å²) in [4.78, 5) is 36.0. The first-order chi connectivity index (χ1) is 16.7. The predicted molar refractivity (Wildman–Crippen MR) is 126 cm³/mol. The van der Waals surface area contributed by atoms with Crippen LogP contribution in [-0.4, -0.2) is 72.9 Å². The van der Waals surface area contributed by atoms with Crippen molar-refractivity contribution in [2.75, 3.05) is 51.2 Å². The smallest absolute Gasteiger partial charge is 0.354 e. The molecule has 2 saturated heterocycles. The average Bonchev–Trinajstić information content (AvgIpc) is 2.87. The summed E-state index contributed by atoms with van der Waals surface area (Å²) in [5.74, 6) is 0.348. The van der Waals surface area contributed by atoms with E-state index in [9.17, 15) is 22.8 Å². The van der Waals surface area contributed by atoms with E-state index in [1.54, 1.807) is 11.1 Å². The van der Waals surface area contributed by atoms with Crippen molar-refractivity contribution in [3.05, 3.63) is 59.3 Å². The second-order valence-corrected chi connectivity index (χ2v) is 9.17. The number of pyridine rings is 1. The van der Waals surface area contributed by atoms with E-state index >= 15 is 0 Å². The molecule has 4 rings (SSSR count). The maximum absolute atomic E-state index is 12.7. The Labute approximate surface area is 202 Å². The molecule has 3 heterocycles. The van der Waals surface area contributed by atoms with Crippen LogP contribution < -0.4 is 10.2 Å².